The number of imide groups is 2. The second-order valence-corrected chi connectivity index (χ2v) is 15.6. The number of hydrogen-bond acceptors (Lipinski definition) is 7. The van der Waals surface area contributed by atoms with E-state index in [4.69, 9.17) is 4.74 Å². The van der Waals surface area contributed by atoms with Crippen molar-refractivity contribution in [3.63, 3.8) is 0 Å². The van der Waals surface area contributed by atoms with Gasteiger partial charge in [0, 0.05) is 17.9 Å². The highest BCUT2D eigenvalue weighted by Crippen LogP contribution is 2.63. The number of phenols is 1. The van der Waals surface area contributed by atoms with Crippen LogP contribution >= 0.6 is 0 Å². The summed E-state index contributed by atoms with van der Waals surface area (Å²) in [5, 5.41) is 11.4. The highest BCUT2D eigenvalue weighted by molar-refractivity contribution is 6.22. The number of carbonyl (C=O) groups excluding carboxylic acids is 4. The summed E-state index contributed by atoms with van der Waals surface area (Å²) in [7, 11) is 0. The molecule has 4 amide bonds. The van der Waals surface area contributed by atoms with Crippen LogP contribution in [0.25, 0.3) is 0 Å². The van der Waals surface area contributed by atoms with Crippen molar-refractivity contribution in [2.24, 2.45) is 29.6 Å². The van der Waals surface area contributed by atoms with Crippen LogP contribution in [-0.4, -0.2) is 33.7 Å². The van der Waals surface area contributed by atoms with Crippen molar-refractivity contribution in [2.45, 2.75) is 44.0 Å². The van der Waals surface area contributed by atoms with Gasteiger partial charge in [0.2, 0.25) is 11.8 Å². The zero-order chi connectivity index (χ0) is 41.8. The third-order valence-electron chi connectivity index (χ3n) is 12.4. The molecule has 3 fully saturated rings. The lowest BCUT2D eigenvalue weighted by molar-refractivity contribution is -0.143. The molecule has 3 heterocycles. The van der Waals surface area contributed by atoms with E-state index in [0.29, 0.717) is 50.7 Å². The van der Waals surface area contributed by atoms with Gasteiger partial charge in [0.15, 0.2) is 0 Å². The lowest BCUT2D eigenvalue weighted by atomic mass is 9.48. The minimum Gasteiger partial charge on any atom is -0.508 e. The monoisotopic (exact) mass is 813 g/mol. The molecule has 2 aliphatic carbocycles. The van der Waals surface area contributed by atoms with Gasteiger partial charge in [0.25, 0.3) is 11.8 Å². The Balaban J connectivity index is 1.20. The van der Waals surface area contributed by atoms with Crippen LogP contribution in [0.1, 0.15) is 40.7 Å². The van der Waals surface area contributed by atoms with Crippen molar-refractivity contribution < 1.29 is 55.4 Å². The largest absolute Gasteiger partial charge is 0.508 e. The summed E-state index contributed by atoms with van der Waals surface area (Å²) < 4.78 is 89.9. The Bertz CT molecular complexity index is 2480. The van der Waals surface area contributed by atoms with Gasteiger partial charge in [-0.25, -0.2) is 4.90 Å². The van der Waals surface area contributed by atoms with Crippen molar-refractivity contribution in [1.82, 2.24) is 5.01 Å². The molecule has 2 N–H and O–H groups in total. The van der Waals surface area contributed by atoms with Crippen molar-refractivity contribution in [3.8, 4) is 11.5 Å². The number of benzene rings is 4. The molecule has 0 bridgehead atoms. The third kappa shape index (κ3) is 5.91. The van der Waals surface area contributed by atoms with E-state index >= 15 is 4.79 Å². The summed E-state index contributed by atoms with van der Waals surface area (Å²) in [6.07, 6.45) is -7.45. The van der Waals surface area contributed by atoms with Gasteiger partial charge in [-0.1, -0.05) is 59.7 Å². The first kappa shape index (κ1) is 38.2. The summed E-state index contributed by atoms with van der Waals surface area (Å²) in [4.78, 5) is 59.4. The van der Waals surface area contributed by atoms with E-state index in [2.05, 4.69) is 5.43 Å². The quantitative estimate of drug-likeness (QED) is 0.118. The van der Waals surface area contributed by atoms with Crippen molar-refractivity contribution in [1.29, 1.82) is 0 Å². The predicted octanol–water partition coefficient (Wildman–Crippen LogP) is 8.28. The molecule has 302 valence electrons. The minimum absolute atomic E-state index is 0.0514. The molecule has 0 radical (unpaired) electrons. The van der Waals surface area contributed by atoms with Gasteiger partial charge in [-0.05, 0) is 85.4 Å². The average Bonchev–Trinajstić information content (AvgIpc) is 3.58. The average molecular weight is 814 g/mol. The lowest BCUT2D eigenvalue weighted by Gasteiger charge is -2.51. The molecule has 4 aromatic carbocycles. The summed E-state index contributed by atoms with van der Waals surface area (Å²) in [5.41, 5.74) is 0.493. The number of nitrogens with zero attached hydrogens (tertiary/aromatic N) is 2. The van der Waals surface area contributed by atoms with E-state index in [1.165, 1.54) is 18.4 Å². The second kappa shape index (κ2) is 13.3. The first-order chi connectivity index (χ1) is 28.0. The van der Waals surface area contributed by atoms with Crippen LogP contribution in [0.3, 0.4) is 0 Å². The van der Waals surface area contributed by atoms with Crippen LogP contribution in [0, 0.1) is 36.5 Å². The van der Waals surface area contributed by atoms with Gasteiger partial charge >= 0.3 is 12.4 Å². The number of halogens is 6. The van der Waals surface area contributed by atoms with E-state index in [0.717, 1.165) is 10.6 Å². The zero-order valence-electron chi connectivity index (χ0n) is 31.0. The fraction of sp³-hybridized carbons (Fsp3) is 0.273. The number of alkyl halides is 6. The number of rotatable bonds is 5. The number of fused-ring (bicyclic) bond motifs is 5. The van der Waals surface area contributed by atoms with E-state index in [1.54, 1.807) is 66.7 Å². The molecule has 0 unspecified atom stereocenters. The number of phenolic OH excluding ortho intramolecular Hbond substituents is 1. The standard InChI is InChI=1S/C44H33F6N3O6/c1-22-7-9-28(10-8-22)51-53-39(56)34-20-33-31(12-13-32-36(33)40(57)52(38(32)55)29-18-26(43(45,46)47)17-27(19-29)44(48,49)50)37(42(34,41(53)58)25-5-3-2-4-6-25)24-15-23-16-30(54)11-14-35(23)59-21-24/h2-12,14,16-19,21,32-34,36-37,51,54H,13,15,20H2,1H3/t32-,33+,34-,36-,37-,42+/m0/s1. The van der Waals surface area contributed by atoms with Crippen LogP contribution < -0.4 is 15.1 Å². The number of hydrogen-bond donors (Lipinski definition) is 2. The highest BCUT2D eigenvalue weighted by atomic mass is 19.4. The molecule has 15 heteroatoms. The Labute approximate surface area is 332 Å². The van der Waals surface area contributed by atoms with Crippen LogP contribution in [0.15, 0.2) is 114 Å². The number of amides is 4. The molecule has 9 nitrogen and oxygen atoms in total. The summed E-state index contributed by atoms with van der Waals surface area (Å²) in [6.45, 7) is 1.87. The fourth-order valence-corrected chi connectivity index (χ4v) is 9.89. The third-order valence-corrected chi connectivity index (χ3v) is 12.4. The highest BCUT2D eigenvalue weighted by Gasteiger charge is 2.71. The number of ether oxygens (including phenoxy) is 1. The molecule has 9 rings (SSSR count). The molecule has 0 spiro atoms. The molecule has 5 aliphatic rings. The van der Waals surface area contributed by atoms with E-state index < -0.39 is 87.8 Å². The number of allylic oxidation sites excluding steroid dienone is 3. The second-order valence-electron chi connectivity index (χ2n) is 15.6. The molecule has 1 saturated carbocycles. The molecule has 0 aromatic heterocycles. The van der Waals surface area contributed by atoms with Gasteiger partial charge in [0.1, 0.15) is 11.5 Å². The Morgan fingerprint density at radius 2 is 1.47 bits per heavy atom. The topological polar surface area (TPSA) is 116 Å². The summed E-state index contributed by atoms with van der Waals surface area (Å²) in [5.74, 6) is -8.48. The molecule has 3 aliphatic heterocycles. The first-order valence-electron chi connectivity index (χ1n) is 18.8. The van der Waals surface area contributed by atoms with Crippen molar-refractivity contribution in [3.05, 3.63) is 142 Å². The smallest absolute Gasteiger partial charge is 0.416 e. The van der Waals surface area contributed by atoms with E-state index in [9.17, 15) is 45.8 Å². The van der Waals surface area contributed by atoms with Gasteiger partial charge in [-0.15, -0.1) is 0 Å². The van der Waals surface area contributed by atoms with Crippen LogP contribution in [0.2, 0.25) is 0 Å². The first-order valence-corrected chi connectivity index (χ1v) is 18.8. The SMILES string of the molecule is Cc1ccc(NN2C(=O)[C@@H]3C[C@@H]4C(=CC[C@@H]5C(=O)N(c6cc(C(F)(F)F)cc(C(F)(F)F)c6)C(=O)[C@@H]54)[C@H](C4=COc5ccc(O)cc5C4)[C@]3(c3ccccc3)C2=O)cc1. The van der Waals surface area contributed by atoms with Gasteiger partial charge in [-0.3, -0.25) is 24.6 Å². The predicted molar refractivity (Wildman–Crippen MR) is 199 cm³/mol. The summed E-state index contributed by atoms with van der Waals surface area (Å²) in [6, 6.07) is 20.8. The molecule has 6 atom stereocenters. The number of aryl methyl sites for hydroxylation is 1. The minimum atomic E-state index is -5.24. The zero-order valence-corrected chi connectivity index (χ0v) is 31.0. The van der Waals surface area contributed by atoms with E-state index in [-0.39, 0.29) is 31.1 Å². The molecule has 4 aromatic rings. The van der Waals surface area contributed by atoms with E-state index in [1.807, 2.05) is 6.92 Å². The normalized spacial score (nSPS) is 26.4. The number of anilines is 2. The Morgan fingerprint density at radius 3 is 2.14 bits per heavy atom. The maximum Gasteiger partial charge on any atom is 0.416 e. The molecular weight excluding hydrogens is 780 g/mol. The Kier molecular flexibility index (Phi) is 8.62. The molecular formula is C44H33F6N3O6. The number of aromatic hydroxyl groups is 1. The maximum atomic E-state index is 15.4. The van der Waals surface area contributed by atoms with Gasteiger partial charge < -0.3 is 9.84 Å². The summed E-state index contributed by atoms with van der Waals surface area (Å²) >= 11 is 0. The number of nitrogens with one attached hydrogen (secondary N) is 1. The lowest BCUT2D eigenvalue weighted by Crippen LogP contribution is -2.55. The van der Waals surface area contributed by atoms with Crippen LogP contribution in [0.5, 0.6) is 11.5 Å². The van der Waals surface area contributed by atoms with Crippen LogP contribution in [0.4, 0.5) is 37.7 Å². The van der Waals surface area contributed by atoms with Crippen molar-refractivity contribution in [2.75, 3.05) is 10.3 Å². The Hall–Kier alpha value is -6.38. The fourth-order valence-electron chi connectivity index (χ4n) is 9.89. The van der Waals surface area contributed by atoms with Crippen molar-refractivity contribution >= 4 is 35.0 Å². The molecule has 59 heavy (non-hydrogen) atoms. The van der Waals surface area contributed by atoms with Crippen LogP contribution in [-0.2, 0) is 43.4 Å². The van der Waals surface area contributed by atoms with Gasteiger partial charge in [-0.2, -0.15) is 31.4 Å². The van der Waals surface area contributed by atoms with Gasteiger partial charge in [0.05, 0.1) is 51.9 Å². The number of hydrazine groups is 1. The molecule has 2 saturated heterocycles. The maximum absolute atomic E-state index is 15.4. The Morgan fingerprint density at radius 1 is 0.797 bits per heavy atom. The number of carbonyl (C=O) groups is 4.